The Kier molecular flexibility index (Phi) is 6.63. The minimum Gasteiger partial charge on any atom is -0.507 e. The highest BCUT2D eigenvalue weighted by molar-refractivity contribution is 6.31. The van der Waals surface area contributed by atoms with Crippen molar-refractivity contribution in [1.29, 1.82) is 0 Å². The molecular weight excluding hydrogens is 516 g/mol. The van der Waals surface area contributed by atoms with Crippen molar-refractivity contribution in [2.75, 3.05) is 14.2 Å². The van der Waals surface area contributed by atoms with Crippen LogP contribution in [0.1, 0.15) is 67.7 Å². The average Bonchev–Trinajstić information content (AvgIpc) is 2.88. The first-order valence-electron chi connectivity index (χ1n) is 12.2. The summed E-state index contributed by atoms with van der Waals surface area (Å²) in [5, 5.41) is 53.8. The Hall–Kier alpha value is -3.23. The maximum atomic E-state index is 13.5. The van der Waals surface area contributed by atoms with E-state index in [2.05, 4.69) is 0 Å². The smallest absolute Gasteiger partial charge is 0.201 e. The molecule has 208 valence electrons. The van der Waals surface area contributed by atoms with Gasteiger partial charge in [0.15, 0.2) is 23.5 Å². The lowest BCUT2D eigenvalue weighted by Gasteiger charge is -2.46. The SMILES string of the molecule is CO[C@@H]1[C@H](O[C@@H]2c3c(cc4c(c3O)C(=O)c3c(O)cccc3C4=O)C(=O)[C@@](C)(O)[C@H]2OC)O[C@@H](C)[C@@H](O)[C@H]1O. The maximum absolute atomic E-state index is 13.5. The third-order valence-corrected chi connectivity index (χ3v) is 7.74. The maximum Gasteiger partial charge on any atom is 0.201 e. The van der Waals surface area contributed by atoms with Gasteiger partial charge in [0, 0.05) is 36.5 Å². The average molecular weight is 545 g/mol. The molecule has 12 heteroatoms. The highest BCUT2D eigenvalue weighted by Gasteiger charge is 2.56. The van der Waals surface area contributed by atoms with E-state index in [1.807, 2.05) is 0 Å². The molecule has 39 heavy (non-hydrogen) atoms. The van der Waals surface area contributed by atoms with Crippen LogP contribution in [0.25, 0.3) is 0 Å². The van der Waals surface area contributed by atoms with Gasteiger partial charge in [-0.25, -0.2) is 0 Å². The van der Waals surface area contributed by atoms with Crippen LogP contribution < -0.4 is 0 Å². The molecule has 0 aromatic heterocycles. The van der Waals surface area contributed by atoms with Gasteiger partial charge in [-0.2, -0.15) is 0 Å². The normalized spacial score (nSPS) is 33.9. The summed E-state index contributed by atoms with van der Waals surface area (Å²) in [5.74, 6) is -3.71. The molecule has 2 aliphatic carbocycles. The van der Waals surface area contributed by atoms with Crippen LogP contribution in [0.2, 0.25) is 0 Å². The van der Waals surface area contributed by atoms with Gasteiger partial charge in [-0.05, 0) is 26.0 Å². The van der Waals surface area contributed by atoms with Crippen molar-refractivity contribution in [3.8, 4) is 11.5 Å². The van der Waals surface area contributed by atoms with E-state index in [0.717, 1.165) is 6.07 Å². The number of benzene rings is 2. The van der Waals surface area contributed by atoms with Gasteiger partial charge in [-0.15, -0.1) is 0 Å². The minimum absolute atomic E-state index is 0.107. The summed E-state index contributed by atoms with van der Waals surface area (Å²) in [6.45, 7) is 2.66. The number of carbonyl (C=O) groups is 3. The molecule has 8 atom stereocenters. The number of ketones is 3. The van der Waals surface area contributed by atoms with E-state index in [4.69, 9.17) is 18.9 Å². The lowest BCUT2D eigenvalue weighted by atomic mass is 9.72. The molecule has 3 aliphatic rings. The molecule has 0 bridgehead atoms. The van der Waals surface area contributed by atoms with Crippen molar-refractivity contribution < 1.29 is 58.9 Å². The Balaban J connectivity index is 1.71. The second-order valence-corrected chi connectivity index (χ2v) is 10.0. The molecule has 1 saturated heterocycles. The zero-order valence-corrected chi connectivity index (χ0v) is 21.4. The molecular formula is C27H28O12. The Morgan fingerprint density at radius 3 is 2.26 bits per heavy atom. The quantitative estimate of drug-likeness (QED) is 0.304. The molecule has 12 nitrogen and oxygen atoms in total. The van der Waals surface area contributed by atoms with E-state index in [9.17, 15) is 39.9 Å². The van der Waals surface area contributed by atoms with Crippen LogP contribution in [0.5, 0.6) is 11.5 Å². The highest BCUT2D eigenvalue weighted by atomic mass is 16.7. The van der Waals surface area contributed by atoms with Gasteiger partial charge in [-0.3, -0.25) is 14.4 Å². The zero-order chi connectivity index (χ0) is 28.5. The van der Waals surface area contributed by atoms with Crippen molar-refractivity contribution in [3.63, 3.8) is 0 Å². The van der Waals surface area contributed by atoms with E-state index >= 15 is 0 Å². The fourth-order valence-corrected chi connectivity index (χ4v) is 5.65. The molecule has 0 radical (unpaired) electrons. The number of fused-ring (bicyclic) bond motifs is 3. The molecule has 0 unspecified atom stereocenters. The topological polar surface area (TPSA) is 189 Å². The molecule has 2 aromatic carbocycles. The van der Waals surface area contributed by atoms with Gasteiger partial charge in [-0.1, -0.05) is 12.1 Å². The van der Waals surface area contributed by atoms with Crippen LogP contribution in [0, 0.1) is 0 Å². The summed E-state index contributed by atoms with van der Waals surface area (Å²) in [6, 6.07) is 5.05. The summed E-state index contributed by atoms with van der Waals surface area (Å²) in [7, 11) is 2.45. The fourth-order valence-electron chi connectivity index (χ4n) is 5.65. The van der Waals surface area contributed by atoms with Crippen LogP contribution >= 0.6 is 0 Å². The van der Waals surface area contributed by atoms with Crippen molar-refractivity contribution in [3.05, 3.63) is 57.6 Å². The molecule has 1 heterocycles. The van der Waals surface area contributed by atoms with Crippen molar-refractivity contribution >= 4 is 17.3 Å². The number of aromatic hydroxyl groups is 2. The molecule has 0 saturated carbocycles. The molecule has 2 aromatic rings. The lowest BCUT2D eigenvalue weighted by molar-refractivity contribution is -0.321. The Bertz CT molecular complexity index is 1380. The summed E-state index contributed by atoms with van der Waals surface area (Å²) in [6.07, 6.45) is -9.24. The Labute approximate surface area is 222 Å². The molecule has 1 aliphatic heterocycles. The van der Waals surface area contributed by atoms with Gasteiger partial charge in [0.05, 0.1) is 17.2 Å². The lowest BCUT2D eigenvalue weighted by Crippen LogP contribution is -2.60. The number of Topliss-reactive ketones (excluding diaryl/α,β-unsaturated/α-hetero) is 1. The number of aliphatic hydroxyl groups is 3. The molecule has 0 amide bonds. The Morgan fingerprint density at radius 1 is 0.923 bits per heavy atom. The van der Waals surface area contributed by atoms with Crippen LogP contribution in [-0.4, -0.2) is 99.5 Å². The van der Waals surface area contributed by atoms with Gasteiger partial charge in [0.25, 0.3) is 0 Å². The molecule has 0 spiro atoms. The van der Waals surface area contributed by atoms with Crippen LogP contribution in [0.4, 0.5) is 0 Å². The van der Waals surface area contributed by atoms with Crippen LogP contribution in [0.3, 0.4) is 0 Å². The standard InChI is InChI=1S/C27H28O12/c1-9-17(29)21(33)23(36-3)26(38-9)39-22-16-12(24(34)27(2,35)25(22)37-4)8-11-15(20(16)32)19(31)14-10(18(11)30)6-5-7-13(14)28/h5-9,17,21-23,25-26,28-29,32-33,35H,1-4H3/t9-,17+,21+,22+,23-,25-,26-,27+/m0/s1. The van der Waals surface area contributed by atoms with Gasteiger partial charge in [0.1, 0.15) is 42.0 Å². The fraction of sp³-hybridized carbons (Fsp3) is 0.444. The van der Waals surface area contributed by atoms with Crippen LogP contribution in [-0.2, 0) is 18.9 Å². The summed E-state index contributed by atoms with van der Waals surface area (Å²) in [4.78, 5) is 40.3. The summed E-state index contributed by atoms with van der Waals surface area (Å²) in [5.41, 5.74) is -3.94. The van der Waals surface area contributed by atoms with Crippen molar-refractivity contribution in [2.24, 2.45) is 0 Å². The predicted octanol–water partition coefficient (Wildman–Crippen LogP) is 0.375. The Morgan fingerprint density at radius 2 is 1.62 bits per heavy atom. The number of hydrogen-bond acceptors (Lipinski definition) is 12. The predicted molar refractivity (Wildman–Crippen MR) is 130 cm³/mol. The number of ether oxygens (including phenoxy) is 4. The van der Waals surface area contributed by atoms with Gasteiger partial charge < -0.3 is 44.5 Å². The number of phenolic OH excluding ortho intramolecular Hbond substituents is 2. The van der Waals surface area contributed by atoms with Gasteiger partial charge >= 0.3 is 0 Å². The minimum atomic E-state index is -2.23. The molecule has 5 rings (SSSR count). The zero-order valence-electron chi connectivity index (χ0n) is 21.4. The second kappa shape index (κ2) is 9.45. The largest absolute Gasteiger partial charge is 0.507 e. The van der Waals surface area contributed by atoms with E-state index in [1.165, 1.54) is 46.3 Å². The third-order valence-electron chi connectivity index (χ3n) is 7.74. The van der Waals surface area contributed by atoms with Crippen molar-refractivity contribution in [2.45, 2.75) is 62.4 Å². The number of carbonyl (C=O) groups excluding carboxylic acids is 3. The first-order chi connectivity index (χ1) is 18.4. The van der Waals surface area contributed by atoms with Crippen molar-refractivity contribution in [1.82, 2.24) is 0 Å². The van der Waals surface area contributed by atoms with Crippen LogP contribution in [0.15, 0.2) is 24.3 Å². The third kappa shape index (κ3) is 3.83. The second-order valence-electron chi connectivity index (χ2n) is 10.0. The van der Waals surface area contributed by atoms with Gasteiger partial charge in [0.2, 0.25) is 5.78 Å². The highest BCUT2D eigenvalue weighted by Crippen LogP contribution is 2.49. The van der Waals surface area contributed by atoms with E-state index in [0.29, 0.717) is 0 Å². The van der Waals surface area contributed by atoms with E-state index < -0.39 is 82.9 Å². The summed E-state index contributed by atoms with van der Waals surface area (Å²) >= 11 is 0. The number of aliphatic hydroxyl groups excluding tert-OH is 2. The number of phenols is 2. The summed E-state index contributed by atoms with van der Waals surface area (Å²) < 4.78 is 22.6. The monoisotopic (exact) mass is 544 g/mol. The number of hydrogen-bond donors (Lipinski definition) is 5. The van der Waals surface area contributed by atoms with E-state index in [-0.39, 0.29) is 27.8 Å². The number of methoxy groups -OCH3 is 2. The molecule has 5 N–H and O–H groups in total. The first kappa shape index (κ1) is 27.3. The first-order valence-corrected chi connectivity index (χ1v) is 12.2. The van der Waals surface area contributed by atoms with E-state index in [1.54, 1.807) is 0 Å². The molecule has 1 fully saturated rings. The number of rotatable bonds is 4.